The lowest BCUT2D eigenvalue weighted by Gasteiger charge is -2.09. The quantitative estimate of drug-likeness (QED) is 0.153. The van der Waals surface area contributed by atoms with E-state index in [-0.39, 0.29) is 0 Å². The molecule has 0 spiro atoms. The molecule has 0 saturated heterocycles. The lowest BCUT2D eigenvalue weighted by atomic mass is 9.99. The highest BCUT2D eigenvalue weighted by molar-refractivity contribution is 5.66. The number of rotatable bonds is 5. The molecule has 440 valence electrons. The van der Waals surface area contributed by atoms with Gasteiger partial charge in [-0.1, -0.05) is 77.4 Å². The number of hydrogen-bond donors (Lipinski definition) is 0. The van der Waals surface area contributed by atoms with E-state index in [1.54, 1.807) is 18.2 Å². The van der Waals surface area contributed by atoms with E-state index in [0.717, 1.165) is 39.3 Å². The van der Waals surface area contributed by atoms with Crippen molar-refractivity contribution in [2.75, 3.05) is 0 Å². The van der Waals surface area contributed by atoms with Crippen LogP contribution in [-0.4, -0.2) is 0 Å². The fraction of sp³-hybridized carbons (Fsp3) is 0.312. The van der Waals surface area contributed by atoms with Crippen LogP contribution >= 0.6 is 0 Å². The topological polar surface area (TPSA) is 19.4 Å². The Morgan fingerprint density at radius 3 is 0.894 bits per heavy atom. The molecule has 0 aliphatic carbocycles. The van der Waals surface area contributed by atoms with Crippen LogP contribution in [0.2, 0.25) is 0 Å². The van der Waals surface area contributed by atoms with Crippen molar-refractivity contribution < 1.29 is 31.1 Å². The van der Waals surface area contributed by atoms with Crippen molar-refractivity contribution in [2.24, 2.45) is 35.2 Å². The summed E-state index contributed by atoms with van der Waals surface area (Å²) in [4.78, 5) is 0. The van der Waals surface area contributed by atoms with Crippen molar-refractivity contribution in [2.45, 2.75) is 138 Å². The third-order valence-electron chi connectivity index (χ3n) is 16.8. The molecular weight excluding hydrogens is 1030 g/mol. The van der Waals surface area contributed by atoms with Crippen molar-refractivity contribution >= 4 is 0 Å². The average Bonchev–Trinajstić information content (AvgIpc) is 1.37. The van der Waals surface area contributed by atoms with Crippen molar-refractivity contribution in [3.8, 4) is 56.3 Å². The van der Waals surface area contributed by atoms with Gasteiger partial charge < -0.3 is 0 Å². The van der Waals surface area contributed by atoms with Crippen molar-refractivity contribution in [3.63, 3.8) is 0 Å². The van der Waals surface area contributed by atoms with Gasteiger partial charge in [-0.25, -0.2) is 0 Å². The van der Waals surface area contributed by atoms with Crippen LogP contribution in [0.5, 0.6) is 0 Å². The van der Waals surface area contributed by atoms with Gasteiger partial charge in [0, 0.05) is 131 Å². The van der Waals surface area contributed by atoms with Crippen LogP contribution in [0.1, 0.15) is 120 Å². The third kappa shape index (κ3) is 16.4. The highest BCUT2D eigenvalue weighted by Gasteiger charge is 2.20. The number of aryl methyl sites for hydroxylation is 18. The van der Waals surface area contributed by atoms with Crippen LogP contribution in [0.25, 0.3) is 56.3 Å². The second kappa shape index (κ2) is 28.6. The Balaban J connectivity index is 0.000000181. The second-order valence-electron chi connectivity index (χ2n) is 24.0. The number of nitrogens with zero attached hydrogens (tertiary/aromatic N) is 5. The monoisotopic (exact) mass is 1140 g/mol. The van der Waals surface area contributed by atoms with Crippen molar-refractivity contribution in [1.82, 2.24) is 0 Å². The van der Waals surface area contributed by atoms with Gasteiger partial charge >= 0.3 is 0 Å². The molecule has 0 bridgehead atoms. The summed E-state index contributed by atoms with van der Waals surface area (Å²) in [5, 5.41) is 0. The number of hydrogen-bond acceptors (Lipinski definition) is 0. The highest BCUT2D eigenvalue weighted by atomic mass is 15.0. The summed E-state index contributed by atoms with van der Waals surface area (Å²) in [7, 11) is 10.4. The van der Waals surface area contributed by atoms with E-state index >= 15 is 0 Å². The molecule has 5 nitrogen and oxygen atoms in total. The first kappa shape index (κ1) is 57.3. The van der Waals surface area contributed by atoms with Crippen LogP contribution in [0.3, 0.4) is 0 Å². The molecule has 0 atom stereocenters. The van der Waals surface area contributed by atoms with Crippen molar-refractivity contribution in [3.05, 3.63) is 264 Å². The minimum absolute atomic E-state index is 0.394. The first-order valence-corrected chi connectivity index (χ1v) is 29.7. The lowest BCUT2D eigenvalue weighted by molar-refractivity contribution is -0.666. The number of benzene rings is 5. The summed E-state index contributed by atoms with van der Waals surface area (Å²) in [6.45, 7) is 33.9. The normalized spacial score (nSPS) is 12.0. The molecule has 0 aliphatic rings. The molecule has 5 heterocycles. The third-order valence-corrected chi connectivity index (χ3v) is 16.8. The van der Waals surface area contributed by atoms with Gasteiger partial charge in [-0.15, -0.1) is 0 Å². The van der Waals surface area contributed by atoms with E-state index < -0.39 is 13.7 Å². The zero-order valence-electron chi connectivity index (χ0n) is 61.7. The highest BCUT2D eigenvalue weighted by Crippen LogP contribution is 2.28. The Bertz CT molecular complexity index is 4240. The molecule has 0 aliphatic heterocycles. The van der Waals surface area contributed by atoms with Crippen LogP contribution in [0, 0.1) is 138 Å². The van der Waals surface area contributed by atoms with E-state index in [0.29, 0.717) is 11.1 Å². The van der Waals surface area contributed by atoms with Crippen LogP contribution in [0.15, 0.2) is 152 Å². The first-order chi connectivity index (χ1) is 42.4. The Morgan fingerprint density at radius 1 is 0.224 bits per heavy atom. The van der Waals surface area contributed by atoms with E-state index in [4.69, 9.17) is 8.22 Å². The summed E-state index contributed by atoms with van der Waals surface area (Å²) in [6.07, 6.45) is 0. The molecule has 0 radical (unpaired) electrons. The zero-order chi connectivity index (χ0) is 67.9. The largest absolute Gasteiger partial charge is 0.212 e. The molecule has 85 heavy (non-hydrogen) atoms. The summed E-state index contributed by atoms with van der Waals surface area (Å²) < 4.78 is 56.4. The predicted molar refractivity (Wildman–Crippen MR) is 360 cm³/mol. The van der Waals surface area contributed by atoms with Crippen LogP contribution < -0.4 is 22.8 Å². The number of aromatic nitrogens is 5. The summed E-state index contributed by atoms with van der Waals surface area (Å²) in [5.41, 5.74) is 35.3. The maximum atomic E-state index is 7.64. The van der Waals surface area contributed by atoms with Gasteiger partial charge in [-0.3, -0.25) is 0 Å². The van der Waals surface area contributed by atoms with Gasteiger partial charge in [0.2, 0.25) is 28.5 Å². The van der Waals surface area contributed by atoms with Gasteiger partial charge in [0.25, 0.3) is 0 Å². The molecule has 0 saturated carbocycles. The van der Waals surface area contributed by atoms with E-state index in [1.165, 1.54) is 118 Å². The van der Waals surface area contributed by atoms with Gasteiger partial charge in [0.15, 0.2) is 28.5 Å². The van der Waals surface area contributed by atoms with Crippen LogP contribution in [-0.2, 0) is 35.2 Å². The Hall–Kier alpha value is -8.15. The summed E-state index contributed by atoms with van der Waals surface area (Å²) >= 11 is 0. The molecule has 0 amide bonds. The molecule has 5 aromatic carbocycles. The fourth-order valence-corrected chi connectivity index (χ4v) is 11.1. The Morgan fingerprint density at radius 2 is 0.529 bits per heavy atom. The Labute approximate surface area is 522 Å². The van der Waals surface area contributed by atoms with E-state index in [1.807, 2.05) is 46.1 Å². The average molecular weight is 1140 g/mol. The maximum absolute atomic E-state index is 7.64. The van der Waals surface area contributed by atoms with E-state index in [2.05, 4.69) is 270 Å². The molecule has 0 N–H and O–H groups in total. The Kier molecular flexibility index (Phi) is 19.3. The molecule has 5 heteroatoms. The van der Waals surface area contributed by atoms with Crippen LogP contribution in [0.4, 0.5) is 0 Å². The molecule has 5 aromatic heterocycles. The first-order valence-electron chi connectivity index (χ1n) is 32.7. The molecule has 10 rings (SSSR count). The maximum Gasteiger partial charge on any atom is 0.212 e. The van der Waals surface area contributed by atoms with Gasteiger partial charge in [0.1, 0.15) is 35.2 Å². The number of pyridine rings is 5. The smallest absolute Gasteiger partial charge is 0.199 e. The molecule has 0 fully saturated rings. The zero-order valence-corrected chi connectivity index (χ0v) is 55.7. The standard InChI is InChI=1S/5C16H20N/c1-11-6-7-13(3)15(9-11)16-10-12(2)8-14(4)17(16)5;2*1-11-6-7-15(13(3)8-11)16-10-12(2)9-14(4)17(16)5;2*1-11-9-13(3)17(5)16(10-11)15-8-6-7-12(2)14(15)4/h5*6-10H,1-5H3/q5*+1/i;1D3;;2D3;. The fourth-order valence-electron chi connectivity index (χ4n) is 11.1. The van der Waals surface area contributed by atoms with Gasteiger partial charge in [-0.2, -0.15) is 22.8 Å². The lowest BCUT2D eigenvalue weighted by Crippen LogP contribution is -2.35. The predicted octanol–water partition coefficient (Wildman–Crippen LogP) is 17.1. The van der Waals surface area contributed by atoms with E-state index in [9.17, 15) is 0 Å². The second-order valence-corrected chi connectivity index (χ2v) is 24.0. The minimum Gasteiger partial charge on any atom is -0.199 e. The summed E-state index contributed by atoms with van der Waals surface area (Å²) in [5.74, 6) is 0. The molecule has 10 aromatic rings. The molecule has 0 unspecified atom stereocenters. The minimum atomic E-state index is -2.07. The van der Waals surface area contributed by atoms with Crippen molar-refractivity contribution in [1.29, 1.82) is 0 Å². The van der Waals surface area contributed by atoms with Gasteiger partial charge in [0.05, 0.1) is 0 Å². The SMILES string of the molecule is Cc1cc(C)[n+](C)c(-c2cccc(C)c2C)c1.Cc1ccc(-c2cc(C)cc(C)[n+]2C)c(C)c1.Cc1ccc(C)c(-c2cc(C)cc(C)[n+]2C)c1.[2H]C([2H])([2H])c1ccc(-c2cc(C)cc(C)[n+]2C)c(C)c1.[2H]C([2H])([2H])c1cccc(-c2cc(C)cc(C)[n+]2C)c1C. The van der Waals surface area contributed by atoms with Gasteiger partial charge in [-0.05, 0) is 201 Å². The summed E-state index contributed by atoms with van der Waals surface area (Å²) in [6, 6.07) is 52.6. The molecular formula is C80H100N5+5.